The van der Waals surface area contributed by atoms with Crippen molar-refractivity contribution in [1.82, 2.24) is 19.8 Å². The number of aryl methyl sites for hydroxylation is 1. The highest BCUT2D eigenvalue weighted by Crippen LogP contribution is 2.33. The maximum Gasteiger partial charge on any atom is 0.247 e. The first-order valence-corrected chi connectivity index (χ1v) is 7.66. The summed E-state index contributed by atoms with van der Waals surface area (Å²) in [6.45, 7) is 4.58. The van der Waals surface area contributed by atoms with Gasteiger partial charge in [-0.15, -0.1) is 0 Å². The molecule has 0 saturated heterocycles. The highest BCUT2D eigenvalue weighted by atomic mass is 32.2. The Bertz CT molecular complexity index is 519. The number of aromatic nitrogens is 2. The summed E-state index contributed by atoms with van der Waals surface area (Å²) in [4.78, 5) is 0.339. The Morgan fingerprint density at radius 2 is 2.17 bits per heavy atom. The number of H-pyrrole nitrogens is 1. The molecule has 1 aliphatic carbocycles. The third kappa shape index (κ3) is 2.30. The Balaban J connectivity index is 2.42. The maximum absolute atomic E-state index is 12.7. The van der Waals surface area contributed by atoms with E-state index in [-0.39, 0.29) is 6.04 Å². The van der Waals surface area contributed by atoms with E-state index >= 15 is 0 Å². The number of aromatic amines is 1. The summed E-state index contributed by atoms with van der Waals surface area (Å²) in [5, 5.41) is 9.79. The van der Waals surface area contributed by atoms with Crippen molar-refractivity contribution in [3.63, 3.8) is 0 Å². The molecule has 1 fully saturated rings. The Hall–Kier alpha value is -0.920. The van der Waals surface area contributed by atoms with Crippen LogP contribution in [0, 0.1) is 6.92 Å². The van der Waals surface area contributed by atoms with Crippen LogP contribution in [0.3, 0.4) is 0 Å². The summed E-state index contributed by atoms with van der Waals surface area (Å²) in [7, 11) is -1.65. The number of nitrogens with one attached hydrogen (secondary N) is 2. The summed E-state index contributed by atoms with van der Waals surface area (Å²) < 4.78 is 26.9. The van der Waals surface area contributed by atoms with Gasteiger partial charge in [-0.1, -0.05) is 6.92 Å². The molecule has 0 aromatic carbocycles. The van der Waals surface area contributed by atoms with Crippen molar-refractivity contribution in [3.8, 4) is 0 Å². The lowest BCUT2D eigenvalue weighted by atomic mass is 10.4. The largest absolute Gasteiger partial charge is 0.314 e. The van der Waals surface area contributed by atoms with Crippen LogP contribution in [-0.2, 0) is 16.6 Å². The molecule has 1 aromatic rings. The minimum absolute atomic E-state index is 0.178. The second kappa shape index (κ2) is 4.99. The van der Waals surface area contributed by atoms with Crippen LogP contribution in [0.2, 0.25) is 0 Å². The van der Waals surface area contributed by atoms with Crippen LogP contribution in [0.1, 0.15) is 31.2 Å². The van der Waals surface area contributed by atoms with Gasteiger partial charge < -0.3 is 5.32 Å². The van der Waals surface area contributed by atoms with Gasteiger partial charge in [-0.05, 0) is 26.8 Å². The normalized spacial score (nSPS) is 16.4. The monoisotopic (exact) mass is 272 g/mol. The molecule has 102 valence electrons. The summed E-state index contributed by atoms with van der Waals surface area (Å²) in [5.41, 5.74) is 1.17. The van der Waals surface area contributed by atoms with E-state index in [1.165, 1.54) is 0 Å². The van der Waals surface area contributed by atoms with Crippen molar-refractivity contribution in [2.75, 3.05) is 13.6 Å². The van der Waals surface area contributed by atoms with Crippen molar-refractivity contribution >= 4 is 10.0 Å². The zero-order valence-electron chi connectivity index (χ0n) is 11.0. The molecule has 1 saturated carbocycles. The number of nitrogens with zero attached hydrogens (tertiary/aromatic N) is 2. The molecule has 0 aliphatic heterocycles. The van der Waals surface area contributed by atoms with Crippen molar-refractivity contribution < 1.29 is 8.42 Å². The zero-order chi connectivity index (χ0) is 13.3. The topological polar surface area (TPSA) is 78.1 Å². The third-order valence-corrected chi connectivity index (χ3v) is 5.37. The Morgan fingerprint density at radius 3 is 2.67 bits per heavy atom. The smallest absolute Gasteiger partial charge is 0.247 e. The van der Waals surface area contributed by atoms with E-state index in [0.29, 0.717) is 29.4 Å². The molecule has 0 atom stereocenters. The van der Waals surface area contributed by atoms with E-state index in [2.05, 4.69) is 15.5 Å². The van der Waals surface area contributed by atoms with Gasteiger partial charge in [0.25, 0.3) is 0 Å². The van der Waals surface area contributed by atoms with E-state index in [0.717, 1.165) is 12.8 Å². The van der Waals surface area contributed by atoms with Gasteiger partial charge in [0.1, 0.15) is 4.90 Å². The second-order valence-corrected chi connectivity index (χ2v) is 6.42. The second-order valence-electron chi connectivity index (χ2n) is 4.59. The average molecular weight is 272 g/mol. The van der Waals surface area contributed by atoms with Crippen molar-refractivity contribution in [2.24, 2.45) is 0 Å². The number of hydrogen-bond donors (Lipinski definition) is 2. The summed E-state index contributed by atoms with van der Waals surface area (Å²) in [6, 6.07) is 0.178. The maximum atomic E-state index is 12.7. The van der Waals surface area contributed by atoms with E-state index < -0.39 is 10.0 Å². The van der Waals surface area contributed by atoms with Crippen LogP contribution in [0.4, 0.5) is 0 Å². The molecule has 1 aromatic heterocycles. The first-order valence-electron chi connectivity index (χ1n) is 6.22. The molecular formula is C11H20N4O2S. The fraction of sp³-hybridized carbons (Fsp3) is 0.727. The van der Waals surface area contributed by atoms with Crippen molar-refractivity contribution in [2.45, 2.75) is 44.2 Å². The van der Waals surface area contributed by atoms with Gasteiger partial charge in [0.2, 0.25) is 10.0 Å². The summed E-state index contributed by atoms with van der Waals surface area (Å²) >= 11 is 0. The fourth-order valence-electron chi connectivity index (χ4n) is 2.20. The predicted octanol–water partition coefficient (Wildman–Crippen LogP) is 0.611. The van der Waals surface area contributed by atoms with Crippen LogP contribution in [0.25, 0.3) is 0 Å². The molecule has 18 heavy (non-hydrogen) atoms. The van der Waals surface area contributed by atoms with Crippen LogP contribution < -0.4 is 5.32 Å². The minimum Gasteiger partial charge on any atom is -0.314 e. The lowest BCUT2D eigenvalue weighted by Crippen LogP contribution is -2.34. The van der Waals surface area contributed by atoms with Gasteiger partial charge in [0.05, 0.1) is 11.4 Å². The van der Waals surface area contributed by atoms with Gasteiger partial charge in [-0.3, -0.25) is 5.10 Å². The molecule has 1 heterocycles. The molecule has 2 rings (SSSR count). The molecule has 0 radical (unpaired) electrons. The minimum atomic E-state index is -3.43. The summed E-state index contributed by atoms with van der Waals surface area (Å²) in [6.07, 6.45) is 1.93. The molecule has 0 unspecified atom stereocenters. The van der Waals surface area contributed by atoms with Crippen LogP contribution in [0.5, 0.6) is 0 Å². The molecule has 2 N–H and O–H groups in total. The SMILES string of the molecule is CCN(C1CC1)S(=O)(=O)c1c(CNC)n[nH]c1C. The zero-order valence-corrected chi connectivity index (χ0v) is 11.8. The average Bonchev–Trinajstić information content (AvgIpc) is 3.04. The van der Waals surface area contributed by atoms with Crippen LogP contribution >= 0.6 is 0 Å². The van der Waals surface area contributed by atoms with E-state index in [1.807, 2.05) is 6.92 Å². The Morgan fingerprint density at radius 1 is 1.50 bits per heavy atom. The Labute approximate surface area is 108 Å². The molecule has 0 amide bonds. The highest BCUT2D eigenvalue weighted by Gasteiger charge is 2.39. The molecule has 1 aliphatic rings. The van der Waals surface area contributed by atoms with E-state index in [4.69, 9.17) is 0 Å². The first kappa shape index (κ1) is 13.5. The van der Waals surface area contributed by atoms with Gasteiger partial charge in [0.15, 0.2) is 0 Å². The molecule has 0 spiro atoms. The summed E-state index contributed by atoms with van der Waals surface area (Å²) in [5.74, 6) is 0. The Kier molecular flexibility index (Phi) is 3.74. The van der Waals surface area contributed by atoms with Gasteiger partial charge in [-0.2, -0.15) is 9.40 Å². The third-order valence-electron chi connectivity index (χ3n) is 3.14. The van der Waals surface area contributed by atoms with Crippen molar-refractivity contribution in [1.29, 1.82) is 0 Å². The highest BCUT2D eigenvalue weighted by molar-refractivity contribution is 7.89. The number of hydrogen-bond acceptors (Lipinski definition) is 4. The fourth-order valence-corrected chi connectivity index (χ4v) is 4.23. The molecule has 7 heteroatoms. The predicted molar refractivity (Wildman–Crippen MR) is 68.7 cm³/mol. The van der Waals surface area contributed by atoms with Crippen LogP contribution in [0.15, 0.2) is 4.90 Å². The molecule has 0 bridgehead atoms. The van der Waals surface area contributed by atoms with Crippen LogP contribution in [-0.4, -0.2) is 42.6 Å². The van der Waals surface area contributed by atoms with Crippen molar-refractivity contribution in [3.05, 3.63) is 11.4 Å². The molecule has 6 nitrogen and oxygen atoms in total. The van der Waals surface area contributed by atoms with Gasteiger partial charge in [-0.25, -0.2) is 8.42 Å². The van der Waals surface area contributed by atoms with Gasteiger partial charge >= 0.3 is 0 Å². The van der Waals surface area contributed by atoms with E-state index in [1.54, 1.807) is 18.3 Å². The number of sulfonamides is 1. The quantitative estimate of drug-likeness (QED) is 0.795. The standard InChI is InChI=1S/C11H20N4O2S/c1-4-15(9-5-6-9)18(16,17)11-8(2)13-14-10(11)7-12-3/h9,12H,4-7H2,1-3H3,(H,13,14). The molecular weight excluding hydrogens is 252 g/mol. The van der Waals surface area contributed by atoms with Gasteiger partial charge in [0, 0.05) is 19.1 Å². The lowest BCUT2D eigenvalue weighted by molar-refractivity contribution is 0.420. The number of rotatable bonds is 6. The lowest BCUT2D eigenvalue weighted by Gasteiger charge is -2.20. The van der Waals surface area contributed by atoms with E-state index in [9.17, 15) is 8.42 Å². The first-order chi connectivity index (χ1) is 8.52.